The van der Waals surface area contributed by atoms with Gasteiger partial charge < -0.3 is 39.9 Å². The highest BCUT2D eigenvalue weighted by atomic mass is 31.2. The van der Waals surface area contributed by atoms with E-state index < -0.39 is 75.7 Å². The lowest BCUT2D eigenvalue weighted by molar-refractivity contribution is -0.220. The fraction of sp³-hybridized carbons (Fsp3) is 0.867. The number of esters is 2. The number of hydrogen-bond donors (Lipinski definition) is 6. The zero-order chi connectivity index (χ0) is 43.6. The molecule has 6 unspecified atom stereocenters. The highest BCUT2D eigenvalue weighted by molar-refractivity contribution is 7.47. The molecular formula is C45H83O13P. The van der Waals surface area contributed by atoms with Gasteiger partial charge in [0.25, 0.3) is 0 Å². The van der Waals surface area contributed by atoms with Crippen molar-refractivity contribution in [3.63, 3.8) is 0 Å². The molecule has 346 valence electrons. The van der Waals surface area contributed by atoms with E-state index in [-0.39, 0.29) is 12.8 Å². The molecule has 8 atom stereocenters. The molecular weight excluding hydrogens is 779 g/mol. The van der Waals surface area contributed by atoms with Gasteiger partial charge in [0, 0.05) is 12.8 Å². The second kappa shape index (κ2) is 35.9. The Bertz CT molecular complexity index is 1120. The lowest BCUT2D eigenvalue weighted by Gasteiger charge is -2.41. The van der Waals surface area contributed by atoms with E-state index in [1.165, 1.54) is 116 Å². The Kier molecular flexibility index (Phi) is 33.7. The topological polar surface area (TPSA) is 210 Å². The molecule has 1 aliphatic carbocycles. The van der Waals surface area contributed by atoms with Gasteiger partial charge in [-0.25, -0.2) is 4.57 Å². The van der Waals surface area contributed by atoms with E-state index >= 15 is 0 Å². The Morgan fingerprint density at radius 3 is 1.44 bits per heavy atom. The summed E-state index contributed by atoms with van der Waals surface area (Å²) in [4.78, 5) is 35.7. The van der Waals surface area contributed by atoms with Crippen molar-refractivity contribution in [2.45, 2.75) is 236 Å². The Morgan fingerprint density at radius 2 is 0.949 bits per heavy atom. The first kappa shape index (κ1) is 55.3. The van der Waals surface area contributed by atoms with Gasteiger partial charge in [-0.1, -0.05) is 147 Å². The highest BCUT2D eigenvalue weighted by Gasteiger charge is 2.51. The zero-order valence-corrected chi connectivity index (χ0v) is 37.3. The molecule has 0 saturated heterocycles. The number of carbonyl (C=O) groups is 2. The molecule has 6 N–H and O–H groups in total. The molecule has 0 aliphatic heterocycles. The van der Waals surface area contributed by atoms with Crippen molar-refractivity contribution in [3.05, 3.63) is 24.8 Å². The number of aliphatic hydroxyl groups is 5. The third-order valence-corrected chi connectivity index (χ3v) is 11.9. The number of unbranched alkanes of at least 4 members (excludes halogenated alkanes) is 24. The van der Waals surface area contributed by atoms with Gasteiger partial charge in [0.1, 0.15) is 43.2 Å². The van der Waals surface area contributed by atoms with Gasteiger partial charge in [-0.2, -0.15) is 0 Å². The molecule has 1 aliphatic rings. The summed E-state index contributed by atoms with van der Waals surface area (Å²) >= 11 is 0. The van der Waals surface area contributed by atoms with Gasteiger partial charge in [-0.05, 0) is 51.4 Å². The number of allylic oxidation sites excluding steroid dienone is 3. The molecule has 1 saturated carbocycles. The van der Waals surface area contributed by atoms with E-state index in [2.05, 4.69) is 25.7 Å². The molecule has 0 spiro atoms. The Hall–Kier alpha value is -1.67. The first-order chi connectivity index (χ1) is 28.4. The standard InChI is InChI=1S/C45H83O13P/c1-3-5-7-9-11-13-15-17-19-21-23-25-27-29-31-33-38(46)55-35-37(36-56-59(53,54)58-45-43(51)41(49)40(48)42(50)44(45)52)57-39(47)34-32-30-28-26-24-22-20-18-16-14-12-10-8-6-4-2/h3,24,26,37,40-45,48-52H,1,4-23,25,27-36H2,2H3,(H,53,54)/b26-24+/t37-,40?,41-,42?,43?,44?,45?/m1/s1. The van der Waals surface area contributed by atoms with Gasteiger partial charge in [-0.3, -0.25) is 18.6 Å². The van der Waals surface area contributed by atoms with Crippen LogP contribution in [0.3, 0.4) is 0 Å². The molecule has 13 nitrogen and oxygen atoms in total. The number of aliphatic hydroxyl groups excluding tert-OH is 5. The first-order valence-electron chi connectivity index (χ1n) is 23.1. The molecule has 0 heterocycles. The minimum atomic E-state index is -5.12. The molecule has 0 amide bonds. The average molecular weight is 863 g/mol. The molecule has 1 rings (SSSR count). The van der Waals surface area contributed by atoms with Crippen molar-refractivity contribution in [2.75, 3.05) is 13.2 Å². The van der Waals surface area contributed by atoms with Crippen molar-refractivity contribution in [3.8, 4) is 0 Å². The summed E-state index contributed by atoms with van der Waals surface area (Å²) in [7, 11) is -5.12. The van der Waals surface area contributed by atoms with Crippen LogP contribution in [0.25, 0.3) is 0 Å². The average Bonchev–Trinajstić information content (AvgIpc) is 3.21. The Balaban J connectivity index is 2.46. The van der Waals surface area contributed by atoms with Gasteiger partial charge in [0.15, 0.2) is 6.10 Å². The predicted octanol–water partition coefficient (Wildman–Crippen LogP) is 8.84. The highest BCUT2D eigenvalue weighted by Crippen LogP contribution is 2.47. The number of ether oxygens (including phenoxy) is 2. The van der Waals surface area contributed by atoms with Gasteiger partial charge in [0.05, 0.1) is 6.61 Å². The van der Waals surface area contributed by atoms with Crippen LogP contribution in [0.15, 0.2) is 24.8 Å². The van der Waals surface area contributed by atoms with E-state index in [1.54, 1.807) is 0 Å². The molecule has 1 fully saturated rings. The van der Waals surface area contributed by atoms with Crippen LogP contribution in [0.4, 0.5) is 0 Å². The monoisotopic (exact) mass is 863 g/mol. The van der Waals surface area contributed by atoms with Crippen molar-refractivity contribution >= 4 is 19.8 Å². The van der Waals surface area contributed by atoms with Crippen LogP contribution < -0.4 is 0 Å². The number of rotatable bonds is 39. The Labute approximate surface area is 356 Å². The SMILES string of the molecule is C=CCCCCCCCCCCCCCCCC(=O)OC[C@H](COP(=O)(O)OC1C(O)C(O)C(O)[C@@H](O)C1O)OC(=O)CCCC/C=C/CCCCCCCCCCC. The van der Waals surface area contributed by atoms with E-state index in [1.807, 2.05) is 6.08 Å². The van der Waals surface area contributed by atoms with Gasteiger partial charge >= 0.3 is 19.8 Å². The number of carbonyl (C=O) groups excluding carboxylic acids is 2. The molecule has 0 aromatic carbocycles. The van der Waals surface area contributed by atoms with Crippen LogP contribution in [-0.4, -0.2) is 98.3 Å². The van der Waals surface area contributed by atoms with E-state index in [0.717, 1.165) is 44.9 Å². The lowest BCUT2D eigenvalue weighted by atomic mass is 9.85. The van der Waals surface area contributed by atoms with Crippen molar-refractivity contribution < 1.29 is 63.1 Å². The van der Waals surface area contributed by atoms with Gasteiger partial charge in [-0.15, -0.1) is 6.58 Å². The summed E-state index contributed by atoms with van der Waals surface area (Å²) < 4.78 is 33.5. The van der Waals surface area contributed by atoms with Crippen LogP contribution in [-0.2, 0) is 32.7 Å². The van der Waals surface area contributed by atoms with Crippen LogP contribution in [0.2, 0.25) is 0 Å². The molecule has 0 radical (unpaired) electrons. The third-order valence-electron chi connectivity index (χ3n) is 10.9. The molecule has 59 heavy (non-hydrogen) atoms. The van der Waals surface area contributed by atoms with Gasteiger partial charge in [0.2, 0.25) is 0 Å². The maximum atomic E-state index is 12.8. The Morgan fingerprint density at radius 1 is 0.559 bits per heavy atom. The zero-order valence-electron chi connectivity index (χ0n) is 36.4. The van der Waals surface area contributed by atoms with Crippen LogP contribution in [0.1, 0.15) is 193 Å². The number of hydrogen-bond acceptors (Lipinski definition) is 12. The summed E-state index contributed by atoms with van der Waals surface area (Å²) in [6.07, 6.45) is 24.1. The molecule has 14 heteroatoms. The fourth-order valence-corrected chi connectivity index (χ4v) is 8.12. The first-order valence-corrected chi connectivity index (χ1v) is 24.6. The van der Waals surface area contributed by atoms with E-state index in [4.69, 9.17) is 18.5 Å². The van der Waals surface area contributed by atoms with Crippen molar-refractivity contribution in [1.29, 1.82) is 0 Å². The normalized spacial score (nSPS) is 22.3. The van der Waals surface area contributed by atoms with Crippen LogP contribution in [0, 0.1) is 0 Å². The number of phosphoric acid groups is 1. The second-order valence-electron chi connectivity index (χ2n) is 16.3. The largest absolute Gasteiger partial charge is 0.472 e. The van der Waals surface area contributed by atoms with Crippen molar-refractivity contribution in [1.82, 2.24) is 0 Å². The van der Waals surface area contributed by atoms with E-state index in [0.29, 0.717) is 12.8 Å². The van der Waals surface area contributed by atoms with Crippen LogP contribution >= 0.6 is 7.82 Å². The van der Waals surface area contributed by atoms with Crippen molar-refractivity contribution in [2.24, 2.45) is 0 Å². The second-order valence-corrected chi connectivity index (χ2v) is 17.7. The third kappa shape index (κ3) is 28.5. The predicted molar refractivity (Wildman–Crippen MR) is 230 cm³/mol. The molecule has 0 bridgehead atoms. The van der Waals surface area contributed by atoms with Crippen LogP contribution in [0.5, 0.6) is 0 Å². The summed E-state index contributed by atoms with van der Waals surface area (Å²) in [6.45, 7) is 4.81. The quantitative estimate of drug-likeness (QED) is 0.0148. The summed E-state index contributed by atoms with van der Waals surface area (Å²) in [5.74, 6) is -1.12. The minimum absolute atomic E-state index is 0.0683. The lowest BCUT2D eigenvalue weighted by Crippen LogP contribution is -2.64. The summed E-state index contributed by atoms with van der Waals surface area (Å²) in [6, 6.07) is 0. The minimum Gasteiger partial charge on any atom is -0.462 e. The number of phosphoric ester groups is 1. The molecule has 0 aromatic rings. The maximum Gasteiger partial charge on any atom is 0.472 e. The summed E-state index contributed by atoms with van der Waals surface area (Å²) in [5, 5.41) is 50.1. The maximum absolute atomic E-state index is 12.8. The molecule has 0 aromatic heterocycles. The summed E-state index contributed by atoms with van der Waals surface area (Å²) in [5.41, 5.74) is 0. The smallest absolute Gasteiger partial charge is 0.462 e. The van der Waals surface area contributed by atoms with E-state index in [9.17, 15) is 44.6 Å². The fourth-order valence-electron chi connectivity index (χ4n) is 7.14.